The van der Waals surface area contributed by atoms with Crippen molar-refractivity contribution in [2.24, 2.45) is 5.92 Å². The van der Waals surface area contributed by atoms with E-state index >= 15 is 0 Å². The first-order chi connectivity index (χ1) is 10.7. The van der Waals surface area contributed by atoms with Crippen molar-refractivity contribution in [3.8, 4) is 0 Å². The van der Waals surface area contributed by atoms with Crippen LogP contribution >= 0.6 is 12.4 Å². The quantitative estimate of drug-likeness (QED) is 0.755. The Hall–Kier alpha value is -0.570. The van der Waals surface area contributed by atoms with Gasteiger partial charge in [-0.2, -0.15) is 0 Å². The molecule has 3 atom stereocenters. The molecule has 0 bridgehead atoms. The maximum absolute atomic E-state index is 5.85. The summed E-state index contributed by atoms with van der Waals surface area (Å²) in [4.78, 5) is 2.58. The number of nitrogens with zero attached hydrogens (tertiary/aromatic N) is 1. The van der Waals surface area contributed by atoms with E-state index in [-0.39, 0.29) is 17.8 Å². The van der Waals surface area contributed by atoms with Gasteiger partial charge in [-0.25, -0.2) is 0 Å². The molecule has 1 fully saturated rings. The van der Waals surface area contributed by atoms with Crippen LogP contribution in [0.15, 0.2) is 18.2 Å². The molecule has 1 aliphatic rings. The molecule has 138 valence electrons. The van der Waals surface area contributed by atoms with Crippen LogP contribution in [-0.4, -0.2) is 36.7 Å². The zero-order valence-corrected chi connectivity index (χ0v) is 17.4. The summed E-state index contributed by atoms with van der Waals surface area (Å²) in [5.41, 5.74) is 4.70. The van der Waals surface area contributed by atoms with Crippen LogP contribution in [-0.2, 0) is 16.6 Å². The molecule has 1 aromatic carbocycles. The van der Waals surface area contributed by atoms with Crippen LogP contribution in [0.4, 0.5) is 0 Å². The molecule has 3 heteroatoms. The Balaban J connectivity index is 0.00000288. The molecule has 0 amide bonds. The molecule has 1 aliphatic heterocycles. The second kappa shape index (κ2) is 8.69. The van der Waals surface area contributed by atoms with E-state index in [1.165, 1.54) is 16.7 Å². The zero-order valence-electron chi connectivity index (χ0n) is 16.6. The lowest BCUT2D eigenvalue weighted by Gasteiger charge is -2.36. The number of morpholine rings is 1. The van der Waals surface area contributed by atoms with Crippen LogP contribution in [0.3, 0.4) is 0 Å². The van der Waals surface area contributed by atoms with Crippen molar-refractivity contribution in [2.45, 2.75) is 72.5 Å². The summed E-state index contributed by atoms with van der Waals surface area (Å²) in [5.74, 6) is 0.668. The average molecular weight is 354 g/mol. The van der Waals surface area contributed by atoms with Gasteiger partial charge in [-0.1, -0.05) is 45.9 Å². The Labute approximate surface area is 155 Å². The van der Waals surface area contributed by atoms with E-state index in [9.17, 15) is 0 Å². The lowest BCUT2D eigenvalue weighted by Crippen LogP contribution is -2.47. The van der Waals surface area contributed by atoms with Crippen LogP contribution in [0.25, 0.3) is 0 Å². The van der Waals surface area contributed by atoms with E-state index < -0.39 is 0 Å². The maximum atomic E-state index is 5.85. The Bertz CT molecular complexity index is 513. The van der Waals surface area contributed by atoms with Crippen molar-refractivity contribution in [1.29, 1.82) is 0 Å². The van der Waals surface area contributed by atoms with Crippen molar-refractivity contribution >= 4 is 12.4 Å². The number of halogens is 1. The molecule has 24 heavy (non-hydrogen) atoms. The lowest BCUT2D eigenvalue weighted by molar-refractivity contribution is -0.0709. The highest BCUT2D eigenvalue weighted by molar-refractivity contribution is 5.85. The van der Waals surface area contributed by atoms with Gasteiger partial charge in [0.05, 0.1) is 12.2 Å². The summed E-state index contributed by atoms with van der Waals surface area (Å²) in [6.45, 7) is 19.3. The number of rotatable bonds is 4. The van der Waals surface area contributed by atoms with Gasteiger partial charge in [0, 0.05) is 19.6 Å². The zero-order chi connectivity index (χ0) is 17.2. The fourth-order valence-electron chi connectivity index (χ4n) is 4.03. The minimum Gasteiger partial charge on any atom is -0.373 e. The van der Waals surface area contributed by atoms with E-state index in [0.717, 1.165) is 26.1 Å². The number of hydrogen-bond donors (Lipinski definition) is 0. The van der Waals surface area contributed by atoms with Gasteiger partial charge in [0.25, 0.3) is 0 Å². The van der Waals surface area contributed by atoms with Gasteiger partial charge in [-0.3, -0.25) is 4.90 Å². The van der Waals surface area contributed by atoms with Gasteiger partial charge < -0.3 is 4.74 Å². The van der Waals surface area contributed by atoms with E-state index in [1.54, 1.807) is 0 Å². The maximum Gasteiger partial charge on any atom is 0.0678 e. The van der Waals surface area contributed by atoms with Gasteiger partial charge >= 0.3 is 0 Å². The third-order valence-corrected chi connectivity index (χ3v) is 4.89. The van der Waals surface area contributed by atoms with Gasteiger partial charge in [0.1, 0.15) is 0 Å². The predicted octanol–water partition coefficient (Wildman–Crippen LogP) is 5.00. The minimum atomic E-state index is 0. The van der Waals surface area contributed by atoms with Gasteiger partial charge in [-0.15, -0.1) is 12.4 Å². The van der Waals surface area contributed by atoms with Crippen molar-refractivity contribution < 1.29 is 4.74 Å². The van der Waals surface area contributed by atoms with Crippen LogP contribution in [0.1, 0.15) is 58.2 Å². The highest BCUT2D eigenvalue weighted by Gasteiger charge is 2.24. The summed E-state index contributed by atoms with van der Waals surface area (Å²) in [6, 6.07) is 6.83. The fourth-order valence-corrected chi connectivity index (χ4v) is 4.03. The number of ether oxygens (including phenoxy) is 1. The highest BCUT2D eigenvalue weighted by atomic mass is 35.5. The van der Waals surface area contributed by atoms with Crippen molar-refractivity contribution in [3.05, 3.63) is 34.9 Å². The largest absolute Gasteiger partial charge is 0.373 e. The van der Waals surface area contributed by atoms with Gasteiger partial charge in [0.15, 0.2) is 0 Å². The fraction of sp³-hybridized carbons (Fsp3) is 0.714. The molecule has 0 radical (unpaired) electrons. The van der Waals surface area contributed by atoms with Crippen LogP contribution in [0.2, 0.25) is 0 Å². The molecule has 2 nitrogen and oxygen atoms in total. The first-order valence-electron chi connectivity index (χ1n) is 9.13. The van der Waals surface area contributed by atoms with Crippen LogP contribution < -0.4 is 0 Å². The SMILES string of the molecule is Cc1c(CC(C)CN2C[C@@H](C)O[C@@H](C)C2)cccc1C(C)(C)C.Cl. The minimum absolute atomic E-state index is 0. The standard InChI is InChI=1S/C21H35NO.ClH/c1-15(12-22-13-16(2)23-17(3)14-22)11-19-9-8-10-20(18(19)4)21(5,6)7;/h8-10,15-17H,11-14H2,1-7H3;1H/t15?,16-,17+;. The monoisotopic (exact) mass is 353 g/mol. The van der Waals surface area contributed by atoms with Crippen molar-refractivity contribution in [2.75, 3.05) is 19.6 Å². The van der Waals surface area contributed by atoms with Gasteiger partial charge in [-0.05, 0) is 55.2 Å². The molecule has 1 unspecified atom stereocenters. The van der Waals surface area contributed by atoms with E-state index in [0.29, 0.717) is 18.1 Å². The molecule has 0 N–H and O–H groups in total. The Morgan fingerprint density at radius 1 is 1.17 bits per heavy atom. The molecular weight excluding hydrogens is 318 g/mol. The average Bonchev–Trinajstić information content (AvgIpc) is 2.38. The predicted molar refractivity (Wildman–Crippen MR) is 106 cm³/mol. The van der Waals surface area contributed by atoms with Crippen molar-refractivity contribution in [3.63, 3.8) is 0 Å². The molecule has 2 rings (SSSR count). The smallest absolute Gasteiger partial charge is 0.0678 e. The van der Waals surface area contributed by atoms with Crippen LogP contribution in [0, 0.1) is 12.8 Å². The highest BCUT2D eigenvalue weighted by Crippen LogP contribution is 2.28. The van der Waals surface area contributed by atoms with E-state index in [2.05, 4.69) is 71.6 Å². The summed E-state index contributed by atoms with van der Waals surface area (Å²) in [7, 11) is 0. The summed E-state index contributed by atoms with van der Waals surface area (Å²) < 4.78 is 5.85. The molecule has 0 aromatic heterocycles. The second-order valence-electron chi connectivity index (χ2n) is 8.62. The lowest BCUT2D eigenvalue weighted by atomic mass is 9.81. The van der Waals surface area contributed by atoms with Gasteiger partial charge in [0.2, 0.25) is 0 Å². The van der Waals surface area contributed by atoms with Crippen LogP contribution in [0.5, 0.6) is 0 Å². The first-order valence-corrected chi connectivity index (χ1v) is 9.13. The molecule has 1 saturated heterocycles. The molecule has 0 aliphatic carbocycles. The third kappa shape index (κ3) is 5.75. The first kappa shape index (κ1) is 21.5. The normalized spacial score (nSPS) is 23.6. The summed E-state index contributed by atoms with van der Waals surface area (Å²) in [5, 5.41) is 0. The Morgan fingerprint density at radius 2 is 1.75 bits per heavy atom. The number of hydrogen-bond acceptors (Lipinski definition) is 2. The molecule has 0 saturated carbocycles. The Kier molecular flexibility index (Phi) is 7.77. The molecule has 1 aromatic rings. The summed E-state index contributed by atoms with van der Waals surface area (Å²) >= 11 is 0. The second-order valence-corrected chi connectivity index (χ2v) is 8.62. The summed E-state index contributed by atoms with van der Waals surface area (Å²) in [6.07, 6.45) is 1.88. The Morgan fingerprint density at radius 3 is 2.29 bits per heavy atom. The van der Waals surface area contributed by atoms with E-state index in [4.69, 9.17) is 4.74 Å². The molecular formula is C21H36ClNO. The van der Waals surface area contributed by atoms with Crippen molar-refractivity contribution in [1.82, 2.24) is 4.90 Å². The third-order valence-electron chi connectivity index (χ3n) is 4.89. The topological polar surface area (TPSA) is 12.5 Å². The molecule has 0 spiro atoms. The molecule has 1 heterocycles. The number of benzene rings is 1. The van der Waals surface area contributed by atoms with E-state index in [1.807, 2.05) is 0 Å².